The summed E-state index contributed by atoms with van der Waals surface area (Å²) in [7, 11) is 0. The Morgan fingerprint density at radius 2 is 2.23 bits per heavy atom. The summed E-state index contributed by atoms with van der Waals surface area (Å²) >= 11 is 3.43. The topological polar surface area (TPSA) is 54.5 Å². The lowest BCUT2D eigenvalue weighted by Gasteiger charge is -1.99. The minimum atomic E-state index is 0.690. The van der Waals surface area contributed by atoms with Crippen LogP contribution in [0.2, 0.25) is 0 Å². The molecule has 0 aliphatic rings. The zero-order valence-electron chi connectivity index (χ0n) is 6.95. The lowest BCUT2D eigenvalue weighted by Crippen LogP contribution is -1.83. The summed E-state index contributed by atoms with van der Waals surface area (Å²) in [5.74, 6) is 0.690. The van der Waals surface area contributed by atoms with Crippen molar-refractivity contribution in [2.24, 2.45) is 0 Å². The van der Waals surface area contributed by atoms with E-state index in [1.807, 2.05) is 25.1 Å². The number of halogens is 1. The van der Waals surface area contributed by atoms with Gasteiger partial charge < -0.3 is 0 Å². The van der Waals surface area contributed by atoms with E-state index in [2.05, 4.69) is 36.6 Å². The van der Waals surface area contributed by atoms with Gasteiger partial charge in [0.15, 0.2) is 5.82 Å². The van der Waals surface area contributed by atoms with Gasteiger partial charge in [0.05, 0.1) is 0 Å². The van der Waals surface area contributed by atoms with Crippen LogP contribution in [0.25, 0.3) is 11.4 Å². The molecule has 0 unspecified atom stereocenters. The molecule has 0 bridgehead atoms. The van der Waals surface area contributed by atoms with E-state index in [1.165, 1.54) is 0 Å². The van der Waals surface area contributed by atoms with E-state index in [1.54, 1.807) is 0 Å². The highest BCUT2D eigenvalue weighted by molar-refractivity contribution is 9.10. The Balaban J connectivity index is 2.49. The number of aryl methyl sites for hydroxylation is 1. The lowest BCUT2D eigenvalue weighted by molar-refractivity contribution is 0.881. The van der Waals surface area contributed by atoms with Crippen LogP contribution in [0.5, 0.6) is 0 Å². The molecule has 0 fully saturated rings. The molecule has 2 aromatic rings. The average molecular weight is 239 g/mol. The van der Waals surface area contributed by atoms with Crippen molar-refractivity contribution >= 4 is 15.9 Å². The third-order valence-corrected chi connectivity index (χ3v) is 2.67. The maximum Gasteiger partial charge on any atom is 0.179 e. The predicted octanol–water partition coefficient (Wildman–Crippen LogP) is 1.94. The summed E-state index contributed by atoms with van der Waals surface area (Å²) in [5.41, 5.74) is 2.15. The summed E-state index contributed by atoms with van der Waals surface area (Å²) in [6.07, 6.45) is 0. The number of tetrazole rings is 1. The second kappa shape index (κ2) is 3.26. The lowest BCUT2D eigenvalue weighted by atomic mass is 10.1. The van der Waals surface area contributed by atoms with E-state index in [-0.39, 0.29) is 0 Å². The third-order valence-electron chi connectivity index (χ3n) is 1.78. The second-order valence-corrected chi connectivity index (χ2v) is 3.57. The molecule has 0 atom stereocenters. The Labute approximate surface area is 83.5 Å². The van der Waals surface area contributed by atoms with Crippen molar-refractivity contribution in [1.29, 1.82) is 0 Å². The molecule has 2 rings (SSSR count). The zero-order chi connectivity index (χ0) is 9.26. The van der Waals surface area contributed by atoms with E-state index in [9.17, 15) is 0 Å². The van der Waals surface area contributed by atoms with Gasteiger partial charge in [0.1, 0.15) is 0 Å². The molecule has 4 nitrogen and oxygen atoms in total. The number of benzene rings is 1. The number of H-pyrrole nitrogens is 1. The van der Waals surface area contributed by atoms with Crippen LogP contribution in [-0.2, 0) is 0 Å². The number of hydrogen-bond acceptors (Lipinski definition) is 3. The van der Waals surface area contributed by atoms with Crippen LogP contribution in [-0.4, -0.2) is 20.6 Å². The van der Waals surface area contributed by atoms with Crippen molar-refractivity contribution in [2.75, 3.05) is 0 Å². The third kappa shape index (κ3) is 1.60. The number of aromatic amines is 1. The molecule has 0 radical (unpaired) electrons. The summed E-state index contributed by atoms with van der Waals surface area (Å²) in [6.45, 7) is 2.03. The molecule has 1 aromatic heterocycles. The minimum Gasteiger partial charge on any atom is -0.239 e. The van der Waals surface area contributed by atoms with Crippen LogP contribution in [0, 0.1) is 6.92 Å². The standard InChI is InChI=1S/C8H7BrN4/c1-5-4-6(2-3-7(5)9)8-10-12-13-11-8/h2-4H,1H3,(H,10,11,12,13). The number of rotatable bonds is 1. The highest BCUT2D eigenvalue weighted by Gasteiger charge is 2.02. The van der Waals surface area contributed by atoms with Gasteiger partial charge in [-0.3, -0.25) is 0 Å². The first-order valence-corrected chi connectivity index (χ1v) is 4.57. The Kier molecular flexibility index (Phi) is 2.10. The van der Waals surface area contributed by atoms with Gasteiger partial charge in [-0.05, 0) is 35.0 Å². The van der Waals surface area contributed by atoms with E-state index in [0.717, 1.165) is 15.6 Å². The number of nitrogens with zero attached hydrogens (tertiary/aromatic N) is 3. The molecule has 0 aliphatic heterocycles. The average Bonchev–Trinajstić information content (AvgIpc) is 2.62. The van der Waals surface area contributed by atoms with E-state index in [0.29, 0.717) is 5.82 Å². The fourth-order valence-electron chi connectivity index (χ4n) is 1.07. The Bertz CT molecular complexity index is 410. The van der Waals surface area contributed by atoms with Crippen molar-refractivity contribution in [3.05, 3.63) is 28.2 Å². The molecule has 0 spiro atoms. The SMILES string of the molecule is Cc1cc(-c2nnn[nH]2)ccc1Br. The first-order chi connectivity index (χ1) is 6.27. The number of nitrogens with one attached hydrogen (secondary N) is 1. The predicted molar refractivity (Wildman–Crippen MR) is 52.1 cm³/mol. The first kappa shape index (κ1) is 8.37. The number of aromatic nitrogens is 4. The molecule has 5 heteroatoms. The molecule has 66 valence electrons. The molecular formula is C8H7BrN4. The monoisotopic (exact) mass is 238 g/mol. The van der Waals surface area contributed by atoms with E-state index >= 15 is 0 Å². The van der Waals surface area contributed by atoms with Gasteiger partial charge in [0.25, 0.3) is 0 Å². The molecule has 0 saturated heterocycles. The summed E-state index contributed by atoms with van der Waals surface area (Å²) < 4.78 is 1.09. The summed E-state index contributed by atoms with van der Waals surface area (Å²) in [4.78, 5) is 0. The van der Waals surface area contributed by atoms with Gasteiger partial charge in [-0.2, -0.15) is 0 Å². The maximum atomic E-state index is 3.83. The molecule has 13 heavy (non-hydrogen) atoms. The van der Waals surface area contributed by atoms with Gasteiger partial charge in [-0.15, -0.1) is 5.10 Å². The first-order valence-electron chi connectivity index (χ1n) is 3.77. The van der Waals surface area contributed by atoms with Gasteiger partial charge >= 0.3 is 0 Å². The van der Waals surface area contributed by atoms with Crippen molar-refractivity contribution in [3.63, 3.8) is 0 Å². The van der Waals surface area contributed by atoms with Crippen molar-refractivity contribution in [1.82, 2.24) is 20.6 Å². The molecule has 1 N–H and O–H groups in total. The highest BCUT2D eigenvalue weighted by Crippen LogP contribution is 2.21. The van der Waals surface area contributed by atoms with Gasteiger partial charge in [0, 0.05) is 10.0 Å². The smallest absolute Gasteiger partial charge is 0.179 e. The largest absolute Gasteiger partial charge is 0.239 e. The zero-order valence-corrected chi connectivity index (χ0v) is 8.54. The van der Waals surface area contributed by atoms with E-state index < -0.39 is 0 Å². The van der Waals surface area contributed by atoms with Crippen LogP contribution in [0.1, 0.15) is 5.56 Å². The van der Waals surface area contributed by atoms with Crippen molar-refractivity contribution in [2.45, 2.75) is 6.92 Å². The van der Waals surface area contributed by atoms with E-state index in [4.69, 9.17) is 0 Å². The van der Waals surface area contributed by atoms with Crippen LogP contribution in [0.4, 0.5) is 0 Å². The quantitative estimate of drug-likeness (QED) is 0.827. The van der Waals surface area contributed by atoms with Crippen LogP contribution in [0.3, 0.4) is 0 Å². The van der Waals surface area contributed by atoms with Crippen LogP contribution in [0.15, 0.2) is 22.7 Å². The summed E-state index contributed by atoms with van der Waals surface area (Å²) in [6, 6.07) is 5.96. The fraction of sp³-hybridized carbons (Fsp3) is 0.125. The maximum absolute atomic E-state index is 3.83. The second-order valence-electron chi connectivity index (χ2n) is 2.71. The van der Waals surface area contributed by atoms with Gasteiger partial charge in [-0.1, -0.05) is 22.0 Å². The molecule has 0 saturated carbocycles. The summed E-state index contributed by atoms with van der Waals surface area (Å²) in [5, 5.41) is 13.6. The highest BCUT2D eigenvalue weighted by atomic mass is 79.9. The molecular weight excluding hydrogens is 232 g/mol. The van der Waals surface area contributed by atoms with Gasteiger partial charge in [-0.25, -0.2) is 5.10 Å². The molecule has 1 aromatic carbocycles. The number of hydrogen-bond donors (Lipinski definition) is 1. The minimum absolute atomic E-state index is 0.690. The molecule has 0 aliphatic carbocycles. The van der Waals surface area contributed by atoms with Crippen LogP contribution >= 0.6 is 15.9 Å². The molecule has 1 heterocycles. The van der Waals surface area contributed by atoms with Crippen molar-refractivity contribution < 1.29 is 0 Å². The van der Waals surface area contributed by atoms with Crippen molar-refractivity contribution in [3.8, 4) is 11.4 Å². The fourth-order valence-corrected chi connectivity index (χ4v) is 1.32. The Morgan fingerprint density at radius 1 is 1.38 bits per heavy atom. The Hall–Kier alpha value is -1.23. The Morgan fingerprint density at radius 3 is 2.85 bits per heavy atom. The normalized spacial score (nSPS) is 10.3. The van der Waals surface area contributed by atoms with Gasteiger partial charge in [0.2, 0.25) is 0 Å². The molecule has 0 amide bonds. The van der Waals surface area contributed by atoms with Crippen LogP contribution < -0.4 is 0 Å².